The molecule has 0 bridgehead atoms. The number of rotatable bonds is 6. The third-order valence-corrected chi connectivity index (χ3v) is 4.94. The number of carbonyl (C=O) groups is 2. The fraction of sp³-hybridized carbons (Fsp3) is 0.125. The predicted molar refractivity (Wildman–Crippen MR) is 123 cm³/mol. The van der Waals surface area contributed by atoms with Gasteiger partial charge in [0.1, 0.15) is 0 Å². The van der Waals surface area contributed by atoms with Crippen LogP contribution < -0.4 is 15.5 Å². The molecule has 0 atom stereocenters. The van der Waals surface area contributed by atoms with Crippen LogP contribution in [-0.2, 0) is 17.8 Å². The summed E-state index contributed by atoms with van der Waals surface area (Å²) >= 11 is 5.40. The molecule has 3 aromatic rings. The van der Waals surface area contributed by atoms with Crippen LogP contribution in [0.15, 0.2) is 84.9 Å². The number of hydrogen-bond acceptors (Lipinski definition) is 3. The highest BCUT2D eigenvalue weighted by molar-refractivity contribution is 7.80. The van der Waals surface area contributed by atoms with E-state index in [1.807, 2.05) is 66.7 Å². The van der Waals surface area contributed by atoms with Gasteiger partial charge in [-0.3, -0.25) is 9.59 Å². The molecule has 0 aliphatic rings. The Balaban J connectivity index is 1.65. The van der Waals surface area contributed by atoms with Crippen molar-refractivity contribution in [2.45, 2.75) is 13.0 Å². The molecular formula is C24H23N3O2S. The number of anilines is 1. The van der Waals surface area contributed by atoms with E-state index < -0.39 is 0 Å². The van der Waals surface area contributed by atoms with Crippen LogP contribution >= 0.6 is 12.2 Å². The van der Waals surface area contributed by atoms with Gasteiger partial charge in [0, 0.05) is 13.6 Å². The highest BCUT2D eigenvalue weighted by Crippen LogP contribution is 2.19. The monoisotopic (exact) mass is 417 g/mol. The summed E-state index contributed by atoms with van der Waals surface area (Å²) in [7, 11) is 1.73. The number of benzene rings is 3. The van der Waals surface area contributed by atoms with Gasteiger partial charge in [0.25, 0.3) is 5.91 Å². The van der Waals surface area contributed by atoms with Gasteiger partial charge in [0.2, 0.25) is 5.91 Å². The van der Waals surface area contributed by atoms with Crippen molar-refractivity contribution >= 4 is 34.8 Å². The minimum absolute atomic E-state index is 0.205. The fourth-order valence-corrected chi connectivity index (χ4v) is 3.18. The lowest BCUT2D eigenvalue weighted by Gasteiger charge is -2.23. The zero-order valence-corrected chi connectivity index (χ0v) is 17.5. The smallest absolute Gasteiger partial charge is 0.253 e. The standard InChI is InChI=1S/C24H23N3O2S/c1-27(24(30)26-22(28)16-18-10-4-2-5-11-18)21-15-9-8-14-20(21)23(29)25-17-19-12-6-3-7-13-19/h2-15H,16-17H2,1H3,(H,25,29)(H,26,28,30). The molecule has 0 unspecified atom stereocenters. The number of para-hydroxylation sites is 1. The maximum absolute atomic E-state index is 12.8. The molecule has 0 saturated heterocycles. The molecular weight excluding hydrogens is 394 g/mol. The van der Waals surface area contributed by atoms with Crippen LogP contribution in [0.3, 0.4) is 0 Å². The molecule has 0 radical (unpaired) electrons. The highest BCUT2D eigenvalue weighted by Gasteiger charge is 2.17. The van der Waals surface area contributed by atoms with Gasteiger partial charge in [-0.25, -0.2) is 0 Å². The summed E-state index contributed by atoms with van der Waals surface area (Å²) in [6.07, 6.45) is 0.230. The molecule has 6 heteroatoms. The van der Waals surface area contributed by atoms with Crippen molar-refractivity contribution in [3.63, 3.8) is 0 Å². The molecule has 30 heavy (non-hydrogen) atoms. The first-order valence-corrected chi connectivity index (χ1v) is 9.98. The second-order valence-corrected chi connectivity index (χ2v) is 7.15. The quantitative estimate of drug-likeness (QED) is 0.601. The summed E-state index contributed by atoms with van der Waals surface area (Å²) in [5, 5.41) is 5.90. The van der Waals surface area contributed by atoms with E-state index in [-0.39, 0.29) is 23.3 Å². The van der Waals surface area contributed by atoms with Crippen LogP contribution in [0.2, 0.25) is 0 Å². The largest absolute Gasteiger partial charge is 0.348 e. The van der Waals surface area contributed by atoms with Gasteiger partial charge in [-0.15, -0.1) is 0 Å². The molecule has 3 rings (SSSR count). The first-order chi connectivity index (χ1) is 14.5. The summed E-state index contributed by atoms with van der Waals surface area (Å²) in [5.74, 6) is -0.413. The van der Waals surface area contributed by atoms with Crippen molar-refractivity contribution in [3.05, 3.63) is 102 Å². The first kappa shape index (κ1) is 21.2. The van der Waals surface area contributed by atoms with Gasteiger partial charge in [0.05, 0.1) is 17.7 Å². The van der Waals surface area contributed by atoms with E-state index in [0.717, 1.165) is 11.1 Å². The van der Waals surface area contributed by atoms with Gasteiger partial charge in [0.15, 0.2) is 5.11 Å². The van der Waals surface area contributed by atoms with Crippen LogP contribution in [-0.4, -0.2) is 24.0 Å². The molecule has 3 aromatic carbocycles. The van der Waals surface area contributed by atoms with Crippen molar-refractivity contribution < 1.29 is 9.59 Å². The lowest BCUT2D eigenvalue weighted by Crippen LogP contribution is -2.42. The lowest BCUT2D eigenvalue weighted by molar-refractivity contribution is -0.119. The molecule has 0 heterocycles. The molecule has 2 amide bonds. The Morgan fingerprint density at radius 1 is 0.833 bits per heavy atom. The Morgan fingerprint density at radius 2 is 1.40 bits per heavy atom. The Bertz CT molecular complexity index is 1020. The molecule has 0 aliphatic carbocycles. The van der Waals surface area contributed by atoms with E-state index in [1.54, 1.807) is 30.1 Å². The number of nitrogens with one attached hydrogen (secondary N) is 2. The summed E-state index contributed by atoms with van der Waals surface area (Å²) in [5.41, 5.74) is 3.02. The predicted octanol–water partition coefficient (Wildman–Crippen LogP) is 3.70. The molecule has 0 saturated carbocycles. The van der Waals surface area contributed by atoms with E-state index in [0.29, 0.717) is 17.8 Å². The van der Waals surface area contributed by atoms with Crippen LogP contribution in [0.5, 0.6) is 0 Å². The molecule has 152 valence electrons. The number of carbonyl (C=O) groups excluding carboxylic acids is 2. The van der Waals surface area contributed by atoms with Crippen LogP contribution in [0.4, 0.5) is 5.69 Å². The minimum Gasteiger partial charge on any atom is -0.348 e. The van der Waals surface area contributed by atoms with E-state index in [4.69, 9.17) is 12.2 Å². The summed E-state index contributed by atoms with van der Waals surface area (Å²) in [4.78, 5) is 26.7. The average Bonchev–Trinajstić information content (AvgIpc) is 2.78. The number of amides is 2. The highest BCUT2D eigenvalue weighted by atomic mass is 32.1. The van der Waals surface area contributed by atoms with E-state index in [2.05, 4.69) is 10.6 Å². The Labute approximate surface area is 181 Å². The van der Waals surface area contributed by atoms with E-state index >= 15 is 0 Å². The van der Waals surface area contributed by atoms with Crippen molar-refractivity contribution in [2.75, 3.05) is 11.9 Å². The van der Waals surface area contributed by atoms with Gasteiger partial charge in [-0.2, -0.15) is 0 Å². The average molecular weight is 418 g/mol. The van der Waals surface area contributed by atoms with Gasteiger partial charge in [-0.1, -0.05) is 72.8 Å². The summed E-state index contributed by atoms with van der Waals surface area (Å²) in [6.45, 7) is 0.427. The van der Waals surface area contributed by atoms with Crippen LogP contribution in [0, 0.1) is 0 Å². The molecule has 0 fully saturated rings. The third kappa shape index (κ3) is 5.75. The SMILES string of the molecule is CN(C(=S)NC(=O)Cc1ccccc1)c1ccccc1C(=O)NCc1ccccc1. The number of thiocarbonyl (C=S) groups is 1. The Hall–Kier alpha value is -3.51. The van der Waals surface area contributed by atoms with Gasteiger partial charge in [-0.05, 0) is 35.5 Å². The Morgan fingerprint density at radius 3 is 2.07 bits per heavy atom. The topological polar surface area (TPSA) is 61.4 Å². The van der Waals surface area contributed by atoms with Crippen molar-refractivity contribution in [1.82, 2.24) is 10.6 Å². The maximum atomic E-state index is 12.8. The van der Waals surface area contributed by atoms with E-state index in [1.165, 1.54) is 0 Å². The zero-order chi connectivity index (χ0) is 21.3. The zero-order valence-electron chi connectivity index (χ0n) is 16.7. The van der Waals surface area contributed by atoms with Crippen LogP contribution in [0.1, 0.15) is 21.5 Å². The molecule has 0 spiro atoms. The second-order valence-electron chi connectivity index (χ2n) is 6.76. The number of hydrogen-bond donors (Lipinski definition) is 2. The Kier molecular flexibility index (Phi) is 7.29. The summed E-state index contributed by atoms with van der Waals surface area (Å²) in [6, 6.07) is 26.3. The fourth-order valence-electron chi connectivity index (χ4n) is 2.97. The van der Waals surface area contributed by atoms with Gasteiger partial charge < -0.3 is 15.5 Å². The molecule has 2 N–H and O–H groups in total. The second kappa shape index (κ2) is 10.3. The van der Waals surface area contributed by atoms with Crippen molar-refractivity contribution in [1.29, 1.82) is 0 Å². The van der Waals surface area contributed by atoms with E-state index in [9.17, 15) is 9.59 Å². The van der Waals surface area contributed by atoms with Gasteiger partial charge >= 0.3 is 0 Å². The number of nitrogens with zero attached hydrogens (tertiary/aromatic N) is 1. The molecule has 0 aromatic heterocycles. The lowest BCUT2D eigenvalue weighted by atomic mass is 10.1. The minimum atomic E-state index is -0.209. The normalized spacial score (nSPS) is 10.2. The molecule has 5 nitrogen and oxygen atoms in total. The third-order valence-electron chi connectivity index (χ3n) is 4.56. The van der Waals surface area contributed by atoms with Crippen LogP contribution in [0.25, 0.3) is 0 Å². The van der Waals surface area contributed by atoms with Crippen molar-refractivity contribution in [3.8, 4) is 0 Å². The van der Waals surface area contributed by atoms with Crippen molar-refractivity contribution in [2.24, 2.45) is 0 Å². The first-order valence-electron chi connectivity index (χ1n) is 9.57. The maximum Gasteiger partial charge on any atom is 0.253 e. The molecule has 0 aliphatic heterocycles. The summed E-state index contributed by atoms with van der Waals surface area (Å²) < 4.78 is 0.